The molecular formula is C5H8BOW-. The summed E-state index contributed by atoms with van der Waals surface area (Å²) in [6, 6.07) is -0.716. The minimum atomic E-state index is -0.716. The second kappa shape index (κ2) is 4.46. The number of aliphatic hydroxyl groups excluding tert-OH is 1. The van der Waals surface area contributed by atoms with E-state index in [0.29, 0.717) is 0 Å². The predicted octanol–water partition coefficient (Wildman–Crippen LogP) is -0.193. The number of aliphatic hydroxyl groups is 1. The third-order valence-corrected chi connectivity index (χ3v) is 2.35. The van der Waals surface area contributed by atoms with Crippen LogP contribution in [0.5, 0.6) is 0 Å². The summed E-state index contributed by atoms with van der Waals surface area (Å²) < 4.78 is 0.986. The summed E-state index contributed by atoms with van der Waals surface area (Å²) in [6.45, 7) is 3.63. The molecule has 2 radical (unpaired) electrons. The predicted molar refractivity (Wildman–Crippen MR) is 31.4 cm³/mol. The van der Waals surface area contributed by atoms with Gasteiger partial charge in [-0.15, -0.1) is 0 Å². The van der Waals surface area contributed by atoms with Gasteiger partial charge in [-0.05, 0) is 0 Å². The van der Waals surface area contributed by atoms with Gasteiger partial charge in [-0.2, -0.15) is 0 Å². The molecular weight excluding hydrogens is 271 g/mol. The molecule has 0 amide bonds. The topological polar surface area (TPSA) is 20.2 Å². The van der Waals surface area contributed by atoms with Gasteiger partial charge in [0.1, 0.15) is 0 Å². The Balaban J connectivity index is 3.33. The zero-order valence-corrected chi connectivity index (χ0v) is 7.56. The van der Waals surface area contributed by atoms with Crippen molar-refractivity contribution in [3.8, 4) is 0 Å². The van der Waals surface area contributed by atoms with Gasteiger partial charge in [0, 0.05) is 0 Å². The fraction of sp³-hybridized carbons (Fsp3) is 0.600. The van der Waals surface area contributed by atoms with Crippen LogP contribution >= 0.6 is 0 Å². The Morgan fingerprint density at radius 1 is 1.88 bits per heavy atom. The van der Waals surface area contributed by atoms with E-state index in [1.165, 1.54) is 19.4 Å². The van der Waals surface area contributed by atoms with E-state index in [2.05, 4.69) is 6.92 Å². The molecule has 1 N–H and O–H groups in total. The number of hydrogen-bond acceptors (Lipinski definition) is 1. The van der Waals surface area contributed by atoms with E-state index in [1.54, 1.807) is 0 Å². The second-order valence-electron chi connectivity index (χ2n) is 1.51. The van der Waals surface area contributed by atoms with Crippen LogP contribution in [0.3, 0.4) is 0 Å². The molecule has 1 atom stereocenters. The summed E-state index contributed by atoms with van der Waals surface area (Å²) in [6.07, 6.45) is 1.68. The van der Waals surface area contributed by atoms with E-state index in [0.717, 1.165) is 16.7 Å². The van der Waals surface area contributed by atoms with E-state index in [-0.39, 0.29) is 0 Å². The maximum atomic E-state index is 8.69. The van der Waals surface area contributed by atoms with Crippen molar-refractivity contribution >= 4 is 11.7 Å². The standard InChI is InChI=1S/C5H8BO.W/c1-2-3-4-5(6)7;/h5,7H,1-3H2;/q-1;. The first kappa shape index (κ1) is 8.58. The second-order valence-corrected chi connectivity index (χ2v) is 3.40. The van der Waals surface area contributed by atoms with Gasteiger partial charge in [0.05, 0.1) is 0 Å². The van der Waals surface area contributed by atoms with E-state index in [9.17, 15) is 0 Å². The first-order valence-electron chi connectivity index (χ1n) is 2.44. The van der Waals surface area contributed by atoms with E-state index in [1.807, 2.05) is 0 Å². The van der Waals surface area contributed by atoms with Crippen molar-refractivity contribution < 1.29 is 24.5 Å². The molecule has 0 spiro atoms. The third kappa shape index (κ3) is 3.57. The van der Waals surface area contributed by atoms with Crippen molar-refractivity contribution in [2.75, 3.05) is 0 Å². The quantitative estimate of drug-likeness (QED) is 0.560. The van der Waals surface area contributed by atoms with E-state index < -0.39 is 6.00 Å². The van der Waals surface area contributed by atoms with Crippen LogP contribution in [0.4, 0.5) is 0 Å². The van der Waals surface area contributed by atoms with Crippen molar-refractivity contribution in [3.05, 3.63) is 6.92 Å². The van der Waals surface area contributed by atoms with Crippen LogP contribution in [0.25, 0.3) is 0 Å². The molecule has 0 aromatic rings. The first-order valence-corrected chi connectivity index (χ1v) is 3.90. The van der Waals surface area contributed by atoms with E-state index in [4.69, 9.17) is 13.0 Å². The fourth-order valence-electron chi connectivity index (χ4n) is 0.322. The van der Waals surface area contributed by atoms with Crippen LogP contribution < -0.4 is 0 Å². The molecule has 0 saturated heterocycles. The van der Waals surface area contributed by atoms with Gasteiger partial charge >= 0.3 is 62.0 Å². The van der Waals surface area contributed by atoms with Crippen molar-refractivity contribution in [3.63, 3.8) is 0 Å². The summed E-state index contributed by atoms with van der Waals surface area (Å²) in [5.74, 6) is 0. The van der Waals surface area contributed by atoms with Gasteiger partial charge in [0.25, 0.3) is 0 Å². The summed E-state index contributed by atoms with van der Waals surface area (Å²) >= 11 is 1.26. The van der Waals surface area contributed by atoms with Gasteiger partial charge in [0.2, 0.25) is 0 Å². The van der Waals surface area contributed by atoms with Crippen LogP contribution in [-0.2, 0) is 19.4 Å². The molecule has 0 aliphatic rings. The number of rotatable bonds is 3. The van der Waals surface area contributed by atoms with Gasteiger partial charge in [-0.1, -0.05) is 0 Å². The Bertz CT molecular complexity index is 82.5. The molecule has 0 saturated carbocycles. The van der Waals surface area contributed by atoms with Crippen LogP contribution in [0.15, 0.2) is 0 Å². The van der Waals surface area contributed by atoms with Crippen molar-refractivity contribution in [1.29, 1.82) is 0 Å². The average molecular weight is 279 g/mol. The summed E-state index contributed by atoms with van der Waals surface area (Å²) in [5, 5.41) is 8.69. The molecule has 0 rings (SSSR count). The summed E-state index contributed by atoms with van der Waals surface area (Å²) in [4.78, 5) is 0. The zero-order valence-electron chi connectivity index (χ0n) is 4.63. The van der Waals surface area contributed by atoms with Crippen molar-refractivity contribution in [1.82, 2.24) is 0 Å². The van der Waals surface area contributed by atoms with Gasteiger partial charge < -0.3 is 0 Å². The Hall–Kier alpha value is 0.583. The summed E-state index contributed by atoms with van der Waals surface area (Å²) in [7, 11) is 5.13. The maximum absolute atomic E-state index is 8.69. The molecule has 0 bridgehead atoms. The van der Waals surface area contributed by atoms with Gasteiger partial charge in [0.15, 0.2) is 0 Å². The Kier molecular flexibility index (Phi) is 4.79. The van der Waals surface area contributed by atoms with Crippen LogP contribution in [0, 0.1) is 6.92 Å². The van der Waals surface area contributed by atoms with Crippen LogP contribution in [0.2, 0.25) is 0 Å². The monoisotopic (exact) mass is 279 g/mol. The molecule has 0 heterocycles. The normalized spacial score (nSPS) is 13.2. The van der Waals surface area contributed by atoms with Crippen LogP contribution in [0.1, 0.15) is 12.8 Å². The molecule has 44 valence electrons. The average Bonchev–Trinajstić information content (AvgIpc) is 1.67. The number of hydrogen-bond donors (Lipinski definition) is 1. The van der Waals surface area contributed by atoms with Crippen LogP contribution in [-0.4, -0.2) is 22.9 Å². The fourth-order valence-corrected chi connectivity index (χ4v) is 0.841. The van der Waals surface area contributed by atoms with Crippen molar-refractivity contribution in [2.45, 2.75) is 18.8 Å². The van der Waals surface area contributed by atoms with Gasteiger partial charge in [-0.3, -0.25) is 0 Å². The zero-order chi connectivity index (χ0) is 6.57. The molecule has 1 nitrogen and oxygen atoms in total. The Labute approximate surface area is 62.3 Å². The molecule has 0 fully saturated rings. The third-order valence-electron chi connectivity index (χ3n) is 0.753. The molecule has 0 aliphatic heterocycles. The molecule has 0 aromatic carbocycles. The Morgan fingerprint density at radius 3 is 2.50 bits per heavy atom. The van der Waals surface area contributed by atoms with Crippen molar-refractivity contribution in [2.24, 2.45) is 0 Å². The molecule has 8 heavy (non-hydrogen) atoms. The molecule has 0 aliphatic carbocycles. The molecule has 0 aromatic heterocycles. The Morgan fingerprint density at radius 2 is 2.38 bits per heavy atom. The molecule has 3 heteroatoms. The minimum absolute atomic E-state index is 0.716. The summed E-state index contributed by atoms with van der Waals surface area (Å²) in [5.41, 5.74) is 0. The first-order chi connectivity index (χ1) is 3.68. The molecule has 1 unspecified atom stereocenters. The van der Waals surface area contributed by atoms with E-state index >= 15 is 0 Å². The van der Waals surface area contributed by atoms with Gasteiger partial charge in [-0.25, -0.2) is 0 Å². The SMILES string of the molecule is [B]C(O)[C](=[W])CC[CH2-].